The molecular weight excluding hydrogens is 228 g/mol. The Bertz CT molecular complexity index is 473. The van der Waals surface area contributed by atoms with Gasteiger partial charge >= 0.3 is 0 Å². The van der Waals surface area contributed by atoms with E-state index in [0.29, 0.717) is 19.4 Å². The molecule has 2 amide bonds. The number of benzene rings is 1. The van der Waals surface area contributed by atoms with Crippen LogP contribution in [0.5, 0.6) is 0 Å². The minimum Gasteiger partial charge on any atom is -0.355 e. The summed E-state index contributed by atoms with van der Waals surface area (Å²) < 4.78 is 0. The van der Waals surface area contributed by atoms with Crippen LogP contribution >= 0.6 is 0 Å². The molecule has 0 bridgehead atoms. The average Bonchev–Trinajstić information content (AvgIpc) is 2.34. The van der Waals surface area contributed by atoms with E-state index in [2.05, 4.69) is 10.6 Å². The monoisotopic (exact) mass is 246 g/mol. The smallest absolute Gasteiger partial charge is 0.229 e. The van der Waals surface area contributed by atoms with Crippen molar-refractivity contribution in [2.75, 3.05) is 11.9 Å². The van der Waals surface area contributed by atoms with Gasteiger partial charge < -0.3 is 10.6 Å². The molecule has 1 fully saturated rings. The third-order valence-corrected chi connectivity index (χ3v) is 3.29. The summed E-state index contributed by atoms with van der Waals surface area (Å²) in [6.45, 7) is 4.41. The molecule has 2 N–H and O–H groups in total. The van der Waals surface area contributed by atoms with Crippen LogP contribution in [0.2, 0.25) is 0 Å². The van der Waals surface area contributed by atoms with E-state index in [1.54, 1.807) is 0 Å². The molecule has 18 heavy (non-hydrogen) atoms. The summed E-state index contributed by atoms with van der Waals surface area (Å²) in [5.41, 5.74) is 3.03. The highest BCUT2D eigenvalue weighted by Gasteiger charge is 2.24. The highest BCUT2D eigenvalue weighted by Crippen LogP contribution is 2.19. The zero-order valence-corrected chi connectivity index (χ0v) is 10.7. The number of piperidine rings is 1. The first-order valence-corrected chi connectivity index (χ1v) is 6.21. The SMILES string of the molecule is Cc1ccc(C)c(NC(=O)C2CCC(=O)NC2)c1. The Morgan fingerprint density at radius 3 is 2.83 bits per heavy atom. The lowest BCUT2D eigenvalue weighted by molar-refractivity contribution is -0.126. The number of hydrogen-bond acceptors (Lipinski definition) is 2. The van der Waals surface area contributed by atoms with Crippen LogP contribution in [0.15, 0.2) is 18.2 Å². The number of carbonyl (C=O) groups is 2. The molecule has 1 unspecified atom stereocenters. The maximum atomic E-state index is 12.1. The van der Waals surface area contributed by atoms with Gasteiger partial charge in [-0.2, -0.15) is 0 Å². The topological polar surface area (TPSA) is 58.2 Å². The summed E-state index contributed by atoms with van der Waals surface area (Å²) in [5, 5.41) is 5.67. The fourth-order valence-electron chi connectivity index (χ4n) is 2.06. The van der Waals surface area contributed by atoms with Crippen LogP contribution in [0.25, 0.3) is 0 Å². The van der Waals surface area contributed by atoms with E-state index < -0.39 is 0 Å². The van der Waals surface area contributed by atoms with Crippen molar-refractivity contribution in [2.24, 2.45) is 5.92 Å². The molecule has 1 heterocycles. The van der Waals surface area contributed by atoms with Crippen molar-refractivity contribution in [2.45, 2.75) is 26.7 Å². The van der Waals surface area contributed by atoms with Crippen LogP contribution in [-0.2, 0) is 9.59 Å². The molecule has 96 valence electrons. The molecule has 1 saturated heterocycles. The van der Waals surface area contributed by atoms with Gasteiger partial charge in [-0.15, -0.1) is 0 Å². The molecule has 1 aliphatic heterocycles. The lowest BCUT2D eigenvalue weighted by Crippen LogP contribution is -2.40. The van der Waals surface area contributed by atoms with Gasteiger partial charge in [-0.3, -0.25) is 9.59 Å². The first-order valence-electron chi connectivity index (χ1n) is 6.21. The maximum absolute atomic E-state index is 12.1. The summed E-state index contributed by atoms with van der Waals surface area (Å²) >= 11 is 0. The molecular formula is C14H18N2O2. The Hall–Kier alpha value is -1.84. The zero-order valence-electron chi connectivity index (χ0n) is 10.7. The van der Waals surface area contributed by atoms with Gasteiger partial charge in [0.15, 0.2) is 0 Å². The third-order valence-electron chi connectivity index (χ3n) is 3.29. The van der Waals surface area contributed by atoms with E-state index in [1.165, 1.54) is 0 Å². The summed E-state index contributed by atoms with van der Waals surface area (Å²) in [4.78, 5) is 23.1. The fourth-order valence-corrected chi connectivity index (χ4v) is 2.06. The molecule has 4 nitrogen and oxygen atoms in total. The van der Waals surface area contributed by atoms with Gasteiger partial charge in [0, 0.05) is 18.7 Å². The largest absolute Gasteiger partial charge is 0.355 e. The van der Waals surface area contributed by atoms with Gasteiger partial charge in [0.05, 0.1) is 5.92 Å². The second-order valence-corrected chi connectivity index (χ2v) is 4.85. The number of anilines is 1. The van der Waals surface area contributed by atoms with Gasteiger partial charge in [0.1, 0.15) is 0 Å². The molecule has 1 atom stereocenters. The van der Waals surface area contributed by atoms with Crippen LogP contribution < -0.4 is 10.6 Å². The van der Waals surface area contributed by atoms with Gasteiger partial charge in [0.25, 0.3) is 0 Å². The number of hydrogen-bond donors (Lipinski definition) is 2. The summed E-state index contributed by atoms with van der Waals surface area (Å²) in [6.07, 6.45) is 1.06. The molecule has 2 rings (SSSR count). The van der Waals surface area contributed by atoms with Crippen molar-refractivity contribution < 1.29 is 9.59 Å². The standard InChI is InChI=1S/C14H18N2O2/c1-9-3-4-10(2)12(7-9)16-14(18)11-5-6-13(17)15-8-11/h3-4,7,11H,5-6,8H2,1-2H3,(H,15,17)(H,16,18). The zero-order chi connectivity index (χ0) is 13.1. The molecule has 4 heteroatoms. The Morgan fingerprint density at radius 1 is 1.39 bits per heavy atom. The van der Waals surface area contributed by atoms with Crippen molar-refractivity contribution in [1.29, 1.82) is 0 Å². The quantitative estimate of drug-likeness (QED) is 0.835. The molecule has 0 radical (unpaired) electrons. The Balaban J connectivity index is 2.02. The Morgan fingerprint density at radius 2 is 2.17 bits per heavy atom. The molecule has 1 aromatic carbocycles. The minimum absolute atomic E-state index is 0.0105. The fraction of sp³-hybridized carbons (Fsp3) is 0.429. The molecule has 0 spiro atoms. The predicted octanol–water partition coefficient (Wildman–Crippen LogP) is 1.77. The van der Waals surface area contributed by atoms with Gasteiger partial charge in [0.2, 0.25) is 11.8 Å². The third kappa shape index (κ3) is 2.88. The predicted molar refractivity (Wildman–Crippen MR) is 70.3 cm³/mol. The van der Waals surface area contributed by atoms with Crippen molar-refractivity contribution in [3.8, 4) is 0 Å². The van der Waals surface area contributed by atoms with Gasteiger partial charge in [-0.1, -0.05) is 12.1 Å². The van der Waals surface area contributed by atoms with Crippen molar-refractivity contribution in [3.05, 3.63) is 29.3 Å². The van der Waals surface area contributed by atoms with E-state index >= 15 is 0 Å². The molecule has 0 saturated carbocycles. The summed E-state index contributed by atoms with van der Waals surface area (Å²) in [5.74, 6) is -0.0999. The van der Waals surface area contributed by atoms with Crippen molar-refractivity contribution >= 4 is 17.5 Å². The number of rotatable bonds is 2. The van der Waals surface area contributed by atoms with Crippen molar-refractivity contribution in [1.82, 2.24) is 5.32 Å². The molecule has 1 aliphatic rings. The first kappa shape index (κ1) is 12.6. The highest BCUT2D eigenvalue weighted by molar-refractivity contribution is 5.94. The molecule has 0 aliphatic carbocycles. The Kier molecular flexibility index (Phi) is 3.65. The number of carbonyl (C=O) groups excluding carboxylic acids is 2. The second kappa shape index (κ2) is 5.21. The molecule has 0 aromatic heterocycles. The van der Waals surface area contributed by atoms with Crippen molar-refractivity contribution in [3.63, 3.8) is 0 Å². The average molecular weight is 246 g/mol. The van der Waals surface area contributed by atoms with Crippen LogP contribution in [0.3, 0.4) is 0 Å². The number of aryl methyl sites for hydroxylation is 2. The van der Waals surface area contributed by atoms with E-state index in [1.807, 2.05) is 32.0 Å². The Labute approximate surface area is 107 Å². The number of nitrogens with one attached hydrogen (secondary N) is 2. The highest BCUT2D eigenvalue weighted by atomic mass is 16.2. The van der Waals surface area contributed by atoms with Gasteiger partial charge in [-0.05, 0) is 37.5 Å². The van der Waals surface area contributed by atoms with Crippen LogP contribution in [0.4, 0.5) is 5.69 Å². The van der Waals surface area contributed by atoms with Crippen LogP contribution in [0.1, 0.15) is 24.0 Å². The van der Waals surface area contributed by atoms with E-state index in [-0.39, 0.29) is 17.7 Å². The first-order chi connectivity index (χ1) is 8.56. The second-order valence-electron chi connectivity index (χ2n) is 4.85. The summed E-state index contributed by atoms with van der Waals surface area (Å²) in [7, 11) is 0. The lowest BCUT2D eigenvalue weighted by Gasteiger charge is -2.22. The van der Waals surface area contributed by atoms with E-state index in [0.717, 1.165) is 16.8 Å². The lowest BCUT2D eigenvalue weighted by atomic mass is 9.98. The normalized spacial score (nSPS) is 19.2. The minimum atomic E-state index is -0.123. The van der Waals surface area contributed by atoms with Gasteiger partial charge in [-0.25, -0.2) is 0 Å². The molecule has 1 aromatic rings. The van der Waals surface area contributed by atoms with Crippen LogP contribution in [-0.4, -0.2) is 18.4 Å². The van der Waals surface area contributed by atoms with E-state index in [4.69, 9.17) is 0 Å². The number of amides is 2. The summed E-state index contributed by atoms with van der Waals surface area (Å²) in [6, 6.07) is 5.98. The van der Waals surface area contributed by atoms with E-state index in [9.17, 15) is 9.59 Å². The van der Waals surface area contributed by atoms with Crippen LogP contribution in [0, 0.1) is 19.8 Å². The maximum Gasteiger partial charge on any atom is 0.229 e.